The van der Waals surface area contributed by atoms with E-state index in [9.17, 15) is 4.79 Å². The summed E-state index contributed by atoms with van der Waals surface area (Å²) >= 11 is 0. The molecule has 0 spiro atoms. The SMILES string of the molecule is CCCNC(=O)c1cccc(-c2ccc(OC)nc2)n1. The average Bonchev–Trinajstić information content (AvgIpc) is 2.52. The molecule has 2 rings (SSSR count). The highest BCUT2D eigenvalue weighted by Gasteiger charge is 2.08. The average molecular weight is 271 g/mol. The number of methoxy groups -OCH3 is 1. The minimum absolute atomic E-state index is 0.157. The van der Waals surface area contributed by atoms with E-state index in [4.69, 9.17) is 4.74 Å². The summed E-state index contributed by atoms with van der Waals surface area (Å²) in [6, 6.07) is 8.99. The fraction of sp³-hybridized carbons (Fsp3) is 0.267. The first kappa shape index (κ1) is 14.0. The van der Waals surface area contributed by atoms with Crippen molar-refractivity contribution in [2.24, 2.45) is 0 Å². The molecule has 2 aromatic heterocycles. The van der Waals surface area contributed by atoms with Crippen LogP contribution in [0.5, 0.6) is 5.88 Å². The standard InChI is InChI=1S/C15H17N3O2/c1-3-9-16-15(19)13-6-4-5-12(18-13)11-7-8-14(20-2)17-10-11/h4-8,10H,3,9H2,1-2H3,(H,16,19). The molecule has 0 bridgehead atoms. The zero-order valence-corrected chi connectivity index (χ0v) is 11.6. The van der Waals surface area contributed by atoms with Crippen LogP contribution >= 0.6 is 0 Å². The molecule has 0 aliphatic rings. The topological polar surface area (TPSA) is 64.1 Å². The van der Waals surface area contributed by atoms with E-state index in [0.29, 0.717) is 23.8 Å². The van der Waals surface area contributed by atoms with Gasteiger partial charge in [-0.05, 0) is 24.6 Å². The van der Waals surface area contributed by atoms with Crippen LogP contribution in [0.3, 0.4) is 0 Å². The van der Waals surface area contributed by atoms with Crippen LogP contribution in [0.2, 0.25) is 0 Å². The predicted octanol–water partition coefficient (Wildman–Crippen LogP) is 2.29. The third kappa shape index (κ3) is 3.32. The maximum absolute atomic E-state index is 11.9. The van der Waals surface area contributed by atoms with Crippen LogP contribution < -0.4 is 10.1 Å². The summed E-state index contributed by atoms with van der Waals surface area (Å²) in [5.41, 5.74) is 1.96. The smallest absolute Gasteiger partial charge is 0.269 e. The van der Waals surface area contributed by atoms with Gasteiger partial charge in [0.25, 0.3) is 5.91 Å². The highest BCUT2D eigenvalue weighted by molar-refractivity contribution is 5.92. The minimum atomic E-state index is -0.157. The Balaban J connectivity index is 2.22. The second-order valence-electron chi connectivity index (χ2n) is 4.25. The van der Waals surface area contributed by atoms with E-state index >= 15 is 0 Å². The summed E-state index contributed by atoms with van der Waals surface area (Å²) in [6.45, 7) is 2.65. The monoisotopic (exact) mass is 271 g/mol. The predicted molar refractivity (Wildman–Crippen MR) is 76.6 cm³/mol. The van der Waals surface area contributed by atoms with Gasteiger partial charge in [-0.25, -0.2) is 9.97 Å². The number of hydrogen-bond acceptors (Lipinski definition) is 4. The third-order valence-corrected chi connectivity index (χ3v) is 2.76. The van der Waals surface area contributed by atoms with Crippen LogP contribution in [0, 0.1) is 0 Å². The van der Waals surface area contributed by atoms with Crippen molar-refractivity contribution >= 4 is 5.91 Å². The van der Waals surface area contributed by atoms with Gasteiger partial charge in [-0.2, -0.15) is 0 Å². The van der Waals surface area contributed by atoms with Crippen molar-refractivity contribution < 1.29 is 9.53 Å². The molecule has 0 aromatic carbocycles. The summed E-state index contributed by atoms with van der Waals surface area (Å²) in [5.74, 6) is 0.390. The normalized spacial score (nSPS) is 10.1. The van der Waals surface area contributed by atoms with E-state index in [1.54, 1.807) is 25.4 Å². The Kier molecular flexibility index (Phi) is 4.65. The van der Waals surface area contributed by atoms with Crippen molar-refractivity contribution in [3.05, 3.63) is 42.2 Å². The Morgan fingerprint density at radius 1 is 1.30 bits per heavy atom. The van der Waals surface area contributed by atoms with Gasteiger partial charge in [-0.1, -0.05) is 13.0 Å². The molecule has 0 atom stereocenters. The van der Waals surface area contributed by atoms with Crippen molar-refractivity contribution in [2.45, 2.75) is 13.3 Å². The van der Waals surface area contributed by atoms with Gasteiger partial charge in [-0.3, -0.25) is 4.79 Å². The molecular weight excluding hydrogens is 254 g/mol. The van der Waals surface area contributed by atoms with Gasteiger partial charge >= 0.3 is 0 Å². The molecule has 2 aromatic rings. The molecule has 5 nitrogen and oxygen atoms in total. The van der Waals surface area contributed by atoms with Crippen LogP contribution in [-0.4, -0.2) is 29.5 Å². The van der Waals surface area contributed by atoms with E-state index in [1.807, 2.05) is 25.1 Å². The first-order valence-electron chi connectivity index (χ1n) is 6.50. The van der Waals surface area contributed by atoms with E-state index in [1.165, 1.54) is 0 Å². The van der Waals surface area contributed by atoms with Gasteiger partial charge in [0.15, 0.2) is 0 Å². The lowest BCUT2D eigenvalue weighted by atomic mass is 10.2. The van der Waals surface area contributed by atoms with Crippen molar-refractivity contribution in [3.8, 4) is 17.1 Å². The largest absolute Gasteiger partial charge is 0.481 e. The second kappa shape index (κ2) is 6.65. The number of nitrogens with one attached hydrogen (secondary N) is 1. The Morgan fingerprint density at radius 2 is 2.15 bits per heavy atom. The highest BCUT2D eigenvalue weighted by Crippen LogP contribution is 2.18. The van der Waals surface area contributed by atoms with Crippen LogP contribution in [0.1, 0.15) is 23.8 Å². The molecular formula is C15H17N3O2. The minimum Gasteiger partial charge on any atom is -0.481 e. The lowest BCUT2D eigenvalue weighted by Gasteiger charge is -2.06. The lowest BCUT2D eigenvalue weighted by Crippen LogP contribution is -2.24. The van der Waals surface area contributed by atoms with Crippen LogP contribution in [0.15, 0.2) is 36.5 Å². The van der Waals surface area contributed by atoms with E-state index < -0.39 is 0 Å². The summed E-state index contributed by atoms with van der Waals surface area (Å²) in [5, 5.41) is 2.81. The van der Waals surface area contributed by atoms with E-state index in [2.05, 4.69) is 15.3 Å². The number of rotatable bonds is 5. The maximum atomic E-state index is 11.9. The summed E-state index contributed by atoms with van der Waals surface area (Å²) in [4.78, 5) is 20.4. The molecule has 0 unspecified atom stereocenters. The molecule has 0 fully saturated rings. The van der Waals surface area contributed by atoms with Crippen molar-refractivity contribution in [1.82, 2.24) is 15.3 Å². The molecule has 1 amide bonds. The number of carbonyl (C=O) groups is 1. The molecule has 104 valence electrons. The zero-order chi connectivity index (χ0) is 14.4. The van der Waals surface area contributed by atoms with Crippen molar-refractivity contribution in [2.75, 3.05) is 13.7 Å². The zero-order valence-electron chi connectivity index (χ0n) is 11.6. The van der Waals surface area contributed by atoms with Gasteiger partial charge in [0.1, 0.15) is 5.69 Å². The molecule has 0 aliphatic carbocycles. The van der Waals surface area contributed by atoms with Gasteiger partial charge in [0.2, 0.25) is 5.88 Å². The Labute approximate surface area is 118 Å². The Hall–Kier alpha value is -2.43. The molecule has 0 radical (unpaired) electrons. The van der Waals surface area contributed by atoms with Crippen LogP contribution in [-0.2, 0) is 0 Å². The molecule has 5 heteroatoms. The molecule has 2 heterocycles. The number of hydrogen-bond donors (Lipinski definition) is 1. The van der Waals surface area contributed by atoms with E-state index in [-0.39, 0.29) is 5.91 Å². The quantitative estimate of drug-likeness (QED) is 0.906. The van der Waals surface area contributed by atoms with Crippen molar-refractivity contribution in [1.29, 1.82) is 0 Å². The summed E-state index contributed by atoms with van der Waals surface area (Å²) in [6.07, 6.45) is 2.57. The fourth-order valence-corrected chi connectivity index (χ4v) is 1.70. The number of nitrogens with zero attached hydrogens (tertiary/aromatic N) is 2. The van der Waals surface area contributed by atoms with Crippen LogP contribution in [0.25, 0.3) is 11.3 Å². The van der Waals surface area contributed by atoms with Crippen LogP contribution in [0.4, 0.5) is 0 Å². The maximum Gasteiger partial charge on any atom is 0.269 e. The van der Waals surface area contributed by atoms with Gasteiger partial charge in [0.05, 0.1) is 12.8 Å². The Morgan fingerprint density at radius 3 is 2.80 bits per heavy atom. The summed E-state index contributed by atoms with van der Waals surface area (Å²) < 4.78 is 5.02. The van der Waals surface area contributed by atoms with Gasteiger partial charge < -0.3 is 10.1 Å². The number of carbonyl (C=O) groups excluding carboxylic acids is 1. The lowest BCUT2D eigenvalue weighted by molar-refractivity contribution is 0.0949. The molecule has 0 aliphatic heterocycles. The van der Waals surface area contributed by atoms with Gasteiger partial charge in [-0.15, -0.1) is 0 Å². The molecule has 0 saturated carbocycles. The van der Waals surface area contributed by atoms with E-state index in [0.717, 1.165) is 12.0 Å². The highest BCUT2D eigenvalue weighted by atomic mass is 16.5. The molecule has 1 N–H and O–H groups in total. The number of aromatic nitrogens is 2. The molecule has 0 saturated heterocycles. The molecule has 20 heavy (non-hydrogen) atoms. The first-order chi connectivity index (χ1) is 9.74. The third-order valence-electron chi connectivity index (χ3n) is 2.76. The number of ether oxygens (including phenoxy) is 1. The first-order valence-corrected chi connectivity index (χ1v) is 6.50. The summed E-state index contributed by atoms with van der Waals surface area (Å²) in [7, 11) is 1.57. The van der Waals surface area contributed by atoms with Gasteiger partial charge in [0, 0.05) is 24.4 Å². The fourth-order valence-electron chi connectivity index (χ4n) is 1.70. The second-order valence-corrected chi connectivity index (χ2v) is 4.25. The Bertz CT molecular complexity index is 582. The van der Waals surface area contributed by atoms with Crippen molar-refractivity contribution in [3.63, 3.8) is 0 Å². The number of pyridine rings is 2. The number of amides is 1.